The normalized spacial score (nSPS) is 46.8. The van der Waals surface area contributed by atoms with Crippen LogP contribution in [0.4, 0.5) is 0 Å². The van der Waals surface area contributed by atoms with Gasteiger partial charge in [-0.2, -0.15) is 0 Å². The van der Waals surface area contributed by atoms with Gasteiger partial charge in [-0.25, -0.2) is 0 Å². The van der Waals surface area contributed by atoms with E-state index in [-0.39, 0.29) is 12.3 Å². The SMILES string of the molecule is CC(C)C1(O)CC[C@@](C)(O)C(O)C1. The maximum absolute atomic E-state index is 10.1. The molecule has 0 amide bonds. The minimum absolute atomic E-state index is 0.123. The number of rotatable bonds is 1. The molecule has 3 N–H and O–H groups in total. The van der Waals surface area contributed by atoms with Crippen LogP contribution in [-0.2, 0) is 0 Å². The molecule has 0 aromatic rings. The van der Waals surface area contributed by atoms with Crippen molar-refractivity contribution in [3.05, 3.63) is 0 Å². The Balaban J connectivity index is 2.70. The fourth-order valence-corrected chi connectivity index (χ4v) is 1.82. The van der Waals surface area contributed by atoms with Crippen LogP contribution in [0.3, 0.4) is 0 Å². The lowest BCUT2D eigenvalue weighted by molar-refractivity contribution is -0.160. The van der Waals surface area contributed by atoms with Gasteiger partial charge in [0.1, 0.15) is 0 Å². The van der Waals surface area contributed by atoms with Crippen LogP contribution in [0.15, 0.2) is 0 Å². The standard InChI is InChI=1S/C10H20O3/c1-7(2)10(13)5-4-9(3,12)8(11)6-10/h7-8,11-13H,4-6H2,1-3H3/t8?,9-,10?/m1/s1. The quantitative estimate of drug-likeness (QED) is 0.567. The largest absolute Gasteiger partial charge is 0.390 e. The van der Waals surface area contributed by atoms with Crippen LogP contribution in [-0.4, -0.2) is 32.6 Å². The van der Waals surface area contributed by atoms with Gasteiger partial charge in [-0.1, -0.05) is 13.8 Å². The molecule has 3 atom stereocenters. The predicted octanol–water partition coefficient (Wildman–Crippen LogP) is 0.669. The molecule has 1 aliphatic rings. The van der Waals surface area contributed by atoms with Crippen LogP contribution < -0.4 is 0 Å². The molecule has 1 aliphatic carbocycles. The van der Waals surface area contributed by atoms with Gasteiger partial charge in [-0.15, -0.1) is 0 Å². The number of hydrogen-bond donors (Lipinski definition) is 3. The van der Waals surface area contributed by atoms with E-state index in [0.717, 1.165) is 0 Å². The molecule has 0 spiro atoms. The molecule has 1 rings (SSSR count). The molecule has 0 bridgehead atoms. The van der Waals surface area contributed by atoms with Gasteiger partial charge in [0.2, 0.25) is 0 Å². The third kappa shape index (κ3) is 2.03. The maximum Gasteiger partial charge on any atom is 0.0879 e. The lowest BCUT2D eigenvalue weighted by atomic mass is 9.70. The summed E-state index contributed by atoms with van der Waals surface area (Å²) >= 11 is 0. The average molecular weight is 188 g/mol. The van der Waals surface area contributed by atoms with Crippen LogP contribution in [0.1, 0.15) is 40.0 Å². The Bertz CT molecular complexity index is 189. The monoisotopic (exact) mass is 188 g/mol. The molecule has 3 heteroatoms. The number of hydrogen-bond acceptors (Lipinski definition) is 3. The minimum Gasteiger partial charge on any atom is -0.390 e. The Morgan fingerprint density at radius 2 is 1.77 bits per heavy atom. The third-order valence-electron chi connectivity index (χ3n) is 3.40. The third-order valence-corrected chi connectivity index (χ3v) is 3.40. The van der Waals surface area contributed by atoms with Gasteiger partial charge in [-0.05, 0) is 25.7 Å². The molecule has 1 saturated carbocycles. The van der Waals surface area contributed by atoms with Gasteiger partial charge < -0.3 is 15.3 Å². The molecular weight excluding hydrogens is 168 g/mol. The van der Waals surface area contributed by atoms with Crippen LogP contribution >= 0.6 is 0 Å². The molecule has 13 heavy (non-hydrogen) atoms. The summed E-state index contributed by atoms with van der Waals surface area (Å²) in [6.45, 7) is 5.50. The Morgan fingerprint density at radius 1 is 1.23 bits per heavy atom. The van der Waals surface area contributed by atoms with E-state index >= 15 is 0 Å². The molecule has 0 saturated heterocycles. The fourth-order valence-electron chi connectivity index (χ4n) is 1.82. The van der Waals surface area contributed by atoms with Crippen molar-refractivity contribution in [1.82, 2.24) is 0 Å². The van der Waals surface area contributed by atoms with Gasteiger partial charge in [-0.3, -0.25) is 0 Å². The summed E-state index contributed by atoms with van der Waals surface area (Å²) in [4.78, 5) is 0. The highest BCUT2D eigenvalue weighted by Crippen LogP contribution is 2.38. The second-order valence-electron chi connectivity index (χ2n) is 4.84. The van der Waals surface area contributed by atoms with E-state index in [9.17, 15) is 15.3 Å². The summed E-state index contributed by atoms with van der Waals surface area (Å²) in [6, 6.07) is 0. The number of aliphatic hydroxyl groups excluding tert-OH is 1. The van der Waals surface area contributed by atoms with E-state index in [1.807, 2.05) is 13.8 Å². The van der Waals surface area contributed by atoms with Crippen LogP contribution in [0.25, 0.3) is 0 Å². The Morgan fingerprint density at radius 3 is 2.15 bits per heavy atom. The molecule has 0 aromatic heterocycles. The van der Waals surface area contributed by atoms with Crippen LogP contribution in [0.5, 0.6) is 0 Å². The Kier molecular flexibility index (Phi) is 2.72. The molecule has 3 nitrogen and oxygen atoms in total. The molecule has 0 aromatic carbocycles. The zero-order valence-corrected chi connectivity index (χ0v) is 8.62. The van der Waals surface area contributed by atoms with Crippen molar-refractivity contribution in [2.24, 2.45) is 5.92 Å². The van der Waals surface area contributed by atoms with Crippen LogP contribution in [0, 0.1) is 5.92 Å². The summed E-state index contributed by atoms with van der Waals surface area (Å²) in [6.07, 6.45) is 0.489. The lowest BCUT2D eigenvalue weighted by Crippen LogP contribution is -2.53. The van der Waals surface area contributed by atoms with E-state index < -0.39 is 17.3 Å². The van der Waals surface area contributed by atoms with Crippen molar-refractivity contribution in [2.75, 3.05) is 0 Å². The summed E-state index contributed by atoms with van der Waals surface area (Å²) in [5.74, 6) is 0.123. The molecule has 78 valence electrons. The Labute approximate surface area is 79.4 Å². The summed E-state index contributed by atoms with van der Waals surface area (Å²) in [5, 5.41) is 29.4. The molecular formula is C10H20O3. The first-order valence-electron chi connectivity index (χ1n) is 4.91. The van der Waals surface area contributed by atoms with E-state index in [1.165, 1.54) is 0 Å². The molecule has 0 aliphatic heterocycles. The van der Waals surface area contributed by atoms with Gasteiger partial charge in [0.25, 0.3) is 0 Å². The maximum atomic E-state index is 10.1. The smallest absolute Gasteiger partial charge is 0.0879 e. The highest BCUT2D eigenvalue weighted by molar-refractivity contribution is 4.98. The van der Waals surface area contributed by atoms with Crippen molar-refractivity contribution in [3.8, 4) is 0 Å². The highest BCUT2D eigenvalue weighted by Gasteiger charge is 2.45. The summed E-state index contributed by atoms with van der Waals surface area (Å²) in [7, 11) is 0. The molecule has 0 radical (unpaired) electrons. The van der Waals surface area contributed by atoms with E-state index in [0.29, 0.717) is 12.8 Å². The minimum atomic E-state index is -1.03. The highest BCUT2D eigenvalue weighted by atomic mass is 16.3. The number of aliphatic hydroxyl groups is 3. The zero-order valence-electron chi connectivity index (χ0n) is 8.62. The molecule has 2 unspecified atom stereocenters. The summed E-state index contributed by atoms with van der Waals surface area (Å²) < 4.78 is 0. The van der Waals surface area contributed by atoms with Gasteiger partial charge in [0, 0.05) is 6.42 Å². The first-order valence-corrected chi connectivity index (χ1v) is 4.91. The second kappa shape index (κ2) is 3.23. The van der Waals surface area contributed by atoms with Gasteiger partial charge >= 0.3 is 0 Å². The predicted molar refractivity (Wildman–Crippen MR) is 50.3 cm³/mol. The first kappa shape index (κ1) is 11.0. The van der Waals surface area contributed by atoms with Gasteiger partial charge in [0.05, 0.1) is 17.3 Å². The summed E-state index contributed by atoms with van der Waals surface area (Å²) in [5.41, 5.74) is -1.83. The molecule has 0 heterocycles. The Hall–Kier alpha value is -0.120. The van der Waals surface area contributed by atoms with Crippen molar-refractivity contribution in [1.29, 1.82) is 0 Å². The van der Waals surface area contributed by atoms with Crippen molar-refractivity contribution >= 4 is 0 Å². The van der Waals surface area contributed by atoms with Crippen molar-refractivity contribution in [3.63, 3.8) is 0 Å². The van der Waals surface area contributed by atoms with Crippen molar-refractivity contribution < 1.29 is 15.3 Å². The van der Waals surface area contributed by atoms with E-state index in [1.54, 1.807) is 6.92 Å². The van der Waals surface area contributed by atoms with Gasteiger partial charge in [0.15, 0.2) is 0 Å². The topological polar surface area (TPSA) is 60.7 Å². The lowest BCUT2D eigenvalue weighted by Gasteiger charge is -2.44. The fraction of sp³-hybridized carbons (Fsp3) is 1.00. The van der Waals surface area contributed by atoms with Crippen molar-refractivity contribution in [2.45, 2.75) is 57.3 Å². The van der Waals surface area contributed by atoms with E-state index in [2.05, 4.69) is 0 Å². The first-order chi connectivity index (χ1) is 5.78. The van der Waals surface area contributed by atoms with E-state index in [4.69, 9.17) is 0 Å². The zero-order chi connectivity index (χ0) is 10.3. The average Bonchev–Trinajstić information content (AvgIpc) is 1.98. The second-order valence-corrected chi connectivity index (χ2v) is 4.84. The van der Waals surface area contributed by atoms with Crippen LogP contribution in [0.2, 0.25) is 0 Å². The molecule has 1 fully saturated rings.